The third-order valence-electron chi connectivity index (χ3n) is 1.57. The first-order valence-corrected chi connectivity index (χ1v) is 4.22. The zero-order valence-electron chi connectivity index (χ0n) is 13.6. The predicted molar refractivity (Wildman–Crippen MR) is 55.7 cm³/mol. The van der Waals surface area contributed by atoms with Crippen molar-refractivity contribution < 1.29 is 9.60 Å². The topological polar surface area (TPSA) is 43.6 Å². The Morgan fingerprint density at radius 3 is 3.00 bits per heavy atom. The molecule has 0 aromatic carbocycles. The lowest BCUT2D eigenvalue weighted by Gasteiger charge is -2.06. The molecule has 6 heteroatoms. The second-order valence-electron chi connectivity index (χ2n) is 2.42. The van der Waals surface area contributed by atoms with Crippen molar-refractivity contribution in [2.45, 2.75) is 19.7 Å². The molecule has 2 rings (SSSR count). The zero-order chi connectivity index (χ0) is 16.2. The van der Waals surface area contributed by atoms with Gasteiger partial charge in [0, 0.05) is 14.2 Å². The van der Waals surface area contributed by atoms with Gasteiger partial charge in [-0.05, 0) is 25.3 Å². The van der Waals surface area contributed by atoms with Gasteiger partial charge in [-0.25, -0.2) is 9.97 Å². The fraction of sp³-hybridized carbons (Fsp3) is 0.375. The average Bonchev–Trinajstić information content (AvgIpc) is 2.68. The van der Waals surface area contributed by atoms with E-state index in [1.54, 1.807) is 0 Å². The highest BCUT2D eigenvalue weighted by Crippen LogP contribution is 2.22. The minimum atomic E-state index is -3.17. The molecule has 4 nitrogen and oxygen atoms in total. The average molecular weight is 238 g/mol. The van der Waals surface area contributed by atoms with Crippen LogP contribution in [0, 0.1) is 0 Å². The van der Waals surface area contributed by atoms with Crippen LogP contribution < -0.4 is 0 Å². The third-order valence-corrected chi connectivity index (χ3v) is 2.00. The molecule has 0 spiro atoms. The van der Waals surface area contributed by atoms with Crippen LogP contribution in [0.1, 0.15) is 29.3 Å². The number of halogens is 2. The second-order valence-corrected chi connectivity index (χ2v) is 3.11. The quantitative estimate of drug-likeness (QED) is 0.566. The first-order chi connectivity index (χ1) is 9.39. The summed E-state index contributed by atoms with van der Waals surface area (Å²) in [6.45, 7) is -6.34. The van der Waals surface area contributed by atoms with Gasteiger partial charge in [-0.1, -0.05) is 11.6 Å². The molecule has 2 aromatic rings. The number of hydrogen-bond acceptors (Lipinski definition) is 3. The first kappa shape index (κ1) is 4.33. The predicted octanol–water partition coefficient (Wildman–Crippen LogP) is 2.71. The zero-order valence-corrected chi connectivity index (χ0v) is 8.13. The highest BCUT2D eigenvalue weighted by Gasteiger charge is 2.12. The van der Waals surface area contributed by atoms with Crippen molar-refractivity contribution in [3.8, 4) is 0 Å². The fourth-order valence-electron chi connectivity index (χ4n) is 1.00. The third kappa shape index (κ3) is 1.44. The summed E-state index contributed by atoms with van der Waals surface area (Å²) in [5.41, 5.74) is -0.270. The van der Waals surface area contributed by atoms with Crippen LogP contribution in [0.2, 0.25) is 10.4 Å². The molecule has 0 radical (unpaired) electrons. The molecule has 0 unspecified atom stereocenters. The Balaban J connectivity index is 2.86. The summed E-state index contributed by atoms with van der Waals surface area (Å²) in [5, 5.41) is -0.477. The maximum absolute atomic E-state index is 8.06. The van der Waals surface area contributed by atoms with Crippen molar-refractivity contribution >= 4 is 34.4 Å². The van der Waals surface area contributed by atoms with E-state index in [-0.39, 0.29) is 21.6 Å². The molecule has 2 aromatic heterocycles. The van der Waals surface area contributed by atoms with Gasteiger partial charge in [-0.3, -0.25) is 0 Å². The van der Waals surface area contributed by atoms with E-state index in [4.69, 9.17) is 32.8 Å². The van der Waals surface area contributed by atoms with Crippen LogP contribution >= 0.6 is 23.2 Å². The summed E-state index contributed by atoms with van der Waals surface area (Å²) in [5.74, 6) is 0. The number of hydrogen-bond donors (Lipinski definition) is 0. The van der Waals surface area contributed by atoms with Crippen molar-refractivity contribution in [2.24, 2.45) is 0 Å². The van der Waals surface area contributed by atoms with Gasteiger partial charge in [-0.15, -0.1) is 0 Å². The maximum atomic E-state index is 8.06. The van der Waals surface area contributed by atoms with Crippen molar-refractivity contribution in [3.05, 3.63) is 16.8 Å². The van der Waals surface area contributed by atoms with E-state index in [0.29, 0.717) is 4.57 Å². The summed E-state index contributed by atoms with van der Waals surface area (Å²) in [4.78, 5) is 11.1. The van der Waals surface area contributed by atoms with Crippen LogP contribution in [0.5, 0.6) is 0 Å². The molecule has 74 valence electrons. The number of aromatic nitrogens is 4. The van der Waals surface area contributed by atoms with Gasteiger partial charge in [-0.2, -0.15) is 4.98 Å². The van der Waals surface area contributed by atoms with Crippen LogP contribution in [0.3, 0.4) is 0 Å². The molecule has 0 amide bonds. The Labute approximate surface area is 101 Å². The minimum absolute atomic E-state index is 0.0359. The van der Waals surface area contributed by atoms with Gasteiger partial charge < -0.3 is 4.57 Å². The molecule has 14 heavy (non-hydrogen) atoms. The van der Waals surface area contributed by atoms with Crippen molar-refractivity contribution in [2.75, 3.05) is 0 Å². The Morgan fingerprint density at radius 1 is 1.50 bits per heavy atom. The molecule has 0 atom stereocenters. The molecule has 0 aliphatic heterocycles. The van der Waals surface area contributed by atoms with E-state index in [0.717, 1.165) is 6.33 Å². The number of imidazole rings is 1. The van der Waals surface area contributed by atoms with Gasteiger partial charge >= 0.3 is 0 Å². The lowest BCUT2D eigenvalue weighted by atomic mass is 10.4. The standard InChI is InChI=1S/C8H8Cl2N4/c1-4(2)14-3-11-5-6(9)12-8(10)13-7(5)14/h3-4H,1-2H3/i1D3,2D3,4D. The number of rotatable bonds is 1. The SMILES string of the molecule is [2H]C([2H])([2H])C([2H])(n1cnc2c(Cl)nc(Cl)nc21)C([2H])([2H])[2H]. The molecule has 0 saturated carbocycles. The lowest BCUT2D eigenvalue weighted by molar-refractivity contribution is 0.612. The molecule has 0 fully saturated rings. The number of fused-ring (bicyclic) bond motifs is 1. The molecule has 0 aliphatic carbocycles. The highest BCUT2D eigenvalue weighted by atomic mass is 35.5. The summed E-state index contributed by atoms with van der Waals surface area (Å²) >= 11 is 11.4. The van der Waals surface area contributed by atoms with Gasteiger partial charge in [0.05, 0.1) is 7.70 Å². The van der Waals surface area contributed by atoms with E-state index in [2.05, 4.69) is 15.0 Å². The largest absolute Gasteiger partial charge is 0.313 e. The Morgan fingerprint density at radius 2 is 2.29 bits per heavy atom. The van der Waals surface area contributed by atoms with E-state index in [1.807, 2.05) is 0 Å². The van der Waals surface area contributed by atoms with E-state index < -0.39 is 19.7 Å². The molecule has 0 saturated heterocycles. The summed E-state index contributed by atoms with van der Waals surface area (Å²) in [7, 11) is 0. The molecular weight excluding hydrogens is 223 g/mol. The van der Waals surface area contributed by atoms with Crippen molar-refractivity contribution in [1.82, 2.24) is 19.5 Å². The van der Waals surface area contributed by atoms with Gasteiger partial charge in [0.2, 0.25) is 5.28 Å². The molecule has 0 aliphatic rings. The Bertz CT molecular complexity index is 678. The van der Waals surface area contributed by atoms with Gasteiger partial charge in [0.25, 0.3) is 0 Å². The molecule has 2 heterocycles. The lowest BCUT2D eigenvalue weighted by Crippen LogP contribution is -2.00. The Hall–Kier alpha value is -0.870. The summed E-state index contributed by atoms with van der Waals surface area (Å²) in [6.07, 6.45) is 0.882. The summed E-state index contributed by atoms with van der Waals surface area (Å²) in [6, 6.07) is -2.99. The van der Waals surface area contributed by atoms with Crippen molar-refractivity contribution in [3.63, 3.8) is 0 Å². The smallest absolute Gasteiger partial charge is 0.225 e. The van der Waals surface area contributed by atoms with Gasteiger partial charge in [0.15, 0.2) is 10.8 Å². The van der Waals surface area contributed by atoms with Crippen molar-refractivity contribution in [1.29, 1.82) is 0 Å². The monoisotopic (exact) mass is 237 g/mol. The van der Waals surface area contributed by atoms with Gasteiger partial charge in [0.1, 0.15) is 5.52 Å². The van der Waals surface area contributed by atoms with Crippen LogP contribution in [0.4, 0.5) is 0 Å². The van der Waals surface area contributed by atoms with Crippen LogP contribution in [0.15, 0.2) is 6.33 Å². The highest BCUT2D eigenvalue weighted by molar-refractivity contribution is 6.35. The number of nitrogens with zero attached hydrogens (tertiary/aromatic N) is 4. The van der Waals surface area contributed by atoms with E-state index in [9.17, 15) is 0 Å². The first-order valence-electron chi connectivity index (χ1n) is 6.96. The Kier molecular flexibility index (Phi) is 1.04. The van der Waals surface area contributed by atoms with Crippen LogP contribution in [0.25, 0.3) is 11.2 Å². The van der Waals surface area contributed by atoms with Crippen LogP contribution in [-0.2, 0) is 0 Å². The second kappa shape index (κ2) is 3.37. The minimum Gasteiger partial charge on any atom is -0.313 e. The van der Waals surface area contributed by atoms with E-state index in [1.165, 1.54) is 0 Å². The van der Waals surface area contributed by atoms with Crippen LogP contribution in [-0.4, -0.2) is 19.5 Å². The fourth-order valence-corrected chi connectivity index (χ4v) is 1.43. The normalized spacial score (nSPS) is 21.4. The molecule has 0 bridgehead atoms. The molecular formula is C8H8Cl2N4. The summed E-state index contributed by atoms with van der Waals surface area (Å²) < 4.78 is 53.3. The molecule has 0 N–H and O–H groups in total. The van der Waals surface area contributed by atoms with E-state index >= 15 is 0 Å². The maximum Gasteiger partial charge on any atom is 0.225 e.